The molecule has 0 radical (unpaired) electrons. The Morgan fingerprint density at radius 3 is 2.26 bits per heavy atom. The molecule has 4 rings (SSSR count). The Labute approximate surface area is 202 Å². The fourth-order valence-electron chi connectivity index (χ4n) is 4.43. The van der Waals surface area contributed by atoms with Crippen molar-refractivity contribution < 1.29 is 9.59 Å². The highest BCUT2D eigenvalue weighted by molar-refractivity contribution is 6.02. The van der Waals surface area contributed by atoms with Gasteiger partial charge < -0.3 is 15.5 Å². The lowest BCUT2D eigenvalue weighted by Crippen LogP contribution is -2.33. The molecule has 2 amide bonds. The fourth-order valence-corrected chi connectivity index (χ4v) is 4.43. The summed E-state index contributed by atoms with van der Waals surface area (Å²) in [5, 5.41) is 6.13. The van der Waals surface area contributed by atoms with E-state index in [-0.39, 0.29) is 17.9 Å². The number of nitrogens with zero attached hydrogens (tertiary/aromatic N) is 1. The van der Waals surface area contributed by atoms with E-state index in [9.17, 15) is 9.59 Å². The van der Waals surface area contributed by atoms with E-state index in [1.54, 1.807) is 0 Å². The van der Waals surface area contributed by atoms with Gasteiger partial charge in [0, 0.05) is 30.9 Å². The van der Waals surface area contributed by atoms with Gasteiger partial charge in [0.15, 0.2) is 0 Å². The quantitative estimate of drug-likeness (QED) is 0.455. The maximum atomic E-state index is 13.4. The molecular formula is C29H33N3O2. The van der Waals surface area contributed by atoms with Crippen molar-refractivity contribution >= 4 is 23.2 Å². The molecule has 34 heavy (non-hydrogen) atoms. The molecular weight excluding hydrogens is 422 g/mol. The highest BCUT2D eigenvalue weighted by atomic mass is 16.2. The van der Waals surface area contributed by atoms with Crippen LogP contribution in [0.15, 0.2) is 78.9 Å². The van der Waals surface area contributed by atoms with Crippen molar-refractivity contribution in [1.29, 1.82) is 0 Å². The molecule has 0 aliphatic carbocycles. The molecule has 3 aromatic carbocycles. The van der Waals surface area contributed by atoms with Gasteiger partial charge in [0.1, 0.15) is 0 Å². The molecule has 0 saturated carbocycles. The Hall–Kier alpha value is -3.60. The predicted molar refractivity (Wildman–Crippen MR) is 138 cm³/mol. The van der Waals surface area contributed by atoms with Gasteiger partial charge in [-0.2, -0.15) is 0 Å². The molecule has 0 spiro atoms. The number of nitrogens with one attached hydrogen (secondary N) is 2. The van der Waals surface area contributed by atoms with Crippen LogP contribution in [0.5, 0.6) is 0 Å². The Morgan fingerprint density at radius 1 is 0.882 bits per heavy atom. The highest BCUT2D eigenvalue weighted by Gasteiger charge is 2.21. The number of hydrogen-bond acceptors (Lipinski definition) is 3. The van der Waals surface area contributed by atoms with Crippen LogP contribution >= 0.6 is 0 Å². The second-order valence-electron chi connectivity index (χ2n) is 8.92. The van der Waals surface area contributed by atoms with Crippen LogP contribution in [0.25, 0.3) is 0 Å². The molecule has 1 heterocycles. The topological polar surface area (TPSA) is 61.4 Å². The molecule has 1 aliphatic rings. The van der Waals surface area contributed by atoms with Gasteiger partial charge in [0.05, 0.1) is 11.6 Å². The number of carbonyl (C=O) groups excluding carboxylic acids is 2. The first-order chi connectivity index (χ1) is 16.6. The largest absolute Gasteiger partial charge is 0.371 e. The van der Waals surface area contributed by atoms with Crippen molar-refractivity contribution in [2.75, 3.05) is 23.3 Å². The lowest BCUT2D eigenvalue weighted by molar-refractivity contribution is -0.116. The van der Waals surface area contributed by atoms with Gasteiger partial charge in [-0.25, -0.2) is 0 Å². The van der Waals surface area contributed by atoms with Crippen LogP contribution in [-0.2, 0) is 11.2 Å². The van der Waals surface area contributed by atoms with Crippen LogP contribution in [-0.4, -0.2) is 24.9 Å². The third kappa shape index (κ3) is 6.25. The van der Waals surface area contributed by atoms with Crippen LogP contribution in [0.1, 0.15) is 60.1 Å². The predicted octanol–water partition coefficient (Wildman–Crippen LogP) is 5.74. The zero-order valence-corrected chi connectivity index (χ0v) is 19.8. The monoisotopic (exact) mass is 455 g/mol. The summed E-state index contributed by atoms with van der Waals surface area (Å²) in [6.45, 7) is 3.87. The van der Waals surface area contributed by atoms with Gasteiger partial charge in [0.2, 0.25) is 5.91 Å². The summed E-state index contributed by atoms with van der Waals surface area (Å²) >= 11 is 0. The van der Waals surface area contributed by atoms with E-state index in [4.69, 9.17) is 0 Å². The smallest absolute Gasteiger partial charge is 0.253 e. The molecule has 176 valence electrons. The van der Waals surface area contributed by atoms with Crippen molar-refractivity contribution in [2.45, 2.75) is 45.1 Å². The zero-order valence-electron chi connectivity index (χ0n) is 19.8. The first kappa shape index (κ1) is 23.6. The van der Waals surface area contributed by atoms with Crippen molar-refractivity contribution in [3.63, 3.8) is 0 Å². The van der Waals surface area contributed by atoms with Gasteiger partial charge in [0.25, 0.3) is 5.91 Å². The molecule has 0 bridgehead atoms. The van der Waals surface area contributed by atoms with Gasteiger partial charge in [-0.3, -0.25) is 9.59 Å². The minimum atomic E-state index is -0.127. The number of carbonyl (C=O) groups is 2. The van der Waals surface area contributed by atoms with E-state index in [1.165, 1.54) is 6.42 Å². The minimum absolute atomic E-state index is 0.0569. The number of amides is 2. The number of hydrogen-bond donors (Lipinski definition) is 2. The summed E-state index contributed by atoms with van der Waals surface area (Å²) < 4.78 is 0. The molecule has 2 N–H and O–H groups in total. The van der Waals surface area contributed by atoms with Gasteiger partial charge in [-0.15, -0.1) is 0 Å². The van der Waals surface area contributed by atoms with Gasteiger partial charge in [-0.05, 0) is 61.9 Å². The van der Waals surface area contributed by atoms with Crippen LogP contribution in [0, 0.1) is 0 Å². The van der Waals surface area contributed by atoms with E-state index < -0.39 is 0 Å². The maximum absolute atomic E-state index is 13.4. The van der Waals surface area contributed by atoms with Crippen molar-refractivity contribution in [1.82, 2.24) is 5.32 Å². The summed E-state index contributed by atoms with van der Waals surface area (Å²) in [7, 11) is 0. The maximum Gasteiger partial charge on any atom is 0.253 e. The summed E-state index contributed by atoms with van der Waals surface area (Å²) in [4.78, 5) is 28.3. The van der Waals surface area contributed by atoms with Crippen molar-refractivity contribution in [3.8, 4) is 0 Å². The van der Waals surface area contributed by atoms with E-state index >= 15 is 0 Å². The number of piperidine rings is 1. The fraction of sp³-hybridized carbons (Fsp3) is 0.310. The summed E-state index contributed by atoms with van der Waals surface area (Å²) in [6.07, 6.45) is 4.54. The SMILES string of the molecule is CC(NC(=O)c1cc(NC(=O)CCc2ccccc2)ccc1N1CCCCC1)c1ccccc1. The first-order valence-electron chi connectivity index (χ1n) is 12.2. The Kier molecular flexibility index (Phi) is 7.97. The second-order valence-corrected chi connectivity index (χ2v) is 8.92. The molecule has 1 aliphatic heterocycles. The van der Waals surface area contributed by atoms with E-state index in [1.807, 2.05) is 85.8 Å². The molecule has 1 unspecified atom stereocenters. The van der Waals surface area contributed by atoms with Crippen LogP contribution in [0.4, 0.5) is 11.4 Å². The molecule has 1 saturated heterocycles. The molecule has 1 fully saturated rings. The summed E-state index contributed by atoms with van der Waals surface area (Å²) in [6, 6.07) is 25.5. The Bertz CT molecular complexity index is 1090. The van der Waals surface area contributed by atoms with Crippen molar-refractivity contribution in [2.24, 2.45) is 0 Å². The number of rotatable bonds is 8. The van der Waals surface area contributed by atoms with Gasteiger partial charge >= 0.3 is 0 Å². The number of benzene rings is 3. The molecule has 1 atom stereocenters. The molecule has 0 aromatic heterocycles. The average molecular weight is 456 g/mol. The van der Waals surface area contributed by atoms with E-state index in [0.29, 0.717) is 24.1 Å². The third-order valence-corrected chi connectivity index (χ3v) is 6.35. The minimum Gasteiger partial charge on any atom is -0.371 e. The van der Waals surface area contributed by atoms with Crippen LogP contribution < -0.4 is 15.5 Å². The average Bonchev–Trinajstić information content (AvgIpc) is 2.89. The van der Waals surface area contributed by atoms with Crippen LogP contribution in [0.3, 0.4) is 0 Å². The second kappa shape index (κ2) is 11.5. The lowest BCUT2D eigenvalue weighted by atomic mass is 10.0. The summed E-state index contributed by atoms with van der Waals surface area (Å²) in [5.74, 6) is -0.184. The number of anilines is 2. The number of aryl methyl sites for hydroxylation is 1. The van der Waals surface area contributed by atoms with E-state index in [2.05, 4.69) is 15.5 Å². The Morgan fingerprint density at radius 2 is 1.56 bits per heavy atom. The third-order valence-electron chi connectivity index (χ3n) is 6.35. The highest BCUT2D eigenvalue weighted by Crippen LogP contribution is 2.28. The van der Waals surface area contributed by atoms with Gasteiger partial charge in [-0.1, -0.05) is 60.7 Å². The molecule has 5 nitrogen and oxygen atoms in total. The van der Waals surface area contributed by atoms with E-state index in [0.717, 1.165) is 42.7 Å². The Balaban J connectivity index is 1.50. The van der Waals surface area contributed by atoms with Crippen molar-refractivity contribution in [3.05, 3.63) is 95.6 Å². The lowest BCUT2D eigenvalue weighted by Gasteiger charge is -2.31. The standard InChI is InChI=1S/C29H33N3O2/c1-22(24-13-7-3-8-14-24)30-29(34)26-21-25(16-17-27(26)32-19-9-4-10-20-32)31-28(33)18-15-23-11-5-2-6-12-23/h2-3,5-8,11-14,16-17,21-22H,4,9-10,15,18-20H2,1H3,(H,30,34)(H,31,33). The molecule has 5 heteroatoms. The summed E-state index contributed by atoms with van der Waals surface area (Å²) in [5.41, 5.74) is 4.37. The van der Waals surface area contributed by atoms with Crippen LogP contribution in [0.2, 0.25) is 0 Å². The molecule has 3 aromatic rings. The zero-order chi connectivity index (χ0) is 23.8. The first-order valence-corrected chi connectivity index (χ1v) is 12.2. The normalized spacial score (nSPS) is 14.3.